The predicted octanol–water partition coefficient (Wildman–Crippen LogP) is 2.85. The van der Waals surface area contributed by atoms with Crippen molar-refractivity contribution in [2.75, 3.05) is 38.3 Å². The minimum atomic E-state index is -0.299. The number of fused-ring (bicyclic) bond motifs is 4. The van der Waals surface area contributed by atoms with E-state index in [0.717, 1.165) is 35.0 Å². The van der Waals surface area contributed by atoms with Gasteiger partial charge in [-0.25, -0.2) is 9.97 Å². The van der Waals surface area contributed by atoms with Crippen LogP contribution in [0.2, 0.25) is 0 Å². The highest BCUT2D eigenvalue weighted by molar-refractivity contribution is 7.11. The van der Waals surface area contributed by atoms with E-state index < -0.39 is 0 Å². The van der Waals surface area contributed by atoms with E-state index in [0.29, 0.717) is 19.7 Å². The highest BCUT2D eigenvalue weighted by Gasteiger charge is 2.50. The van der Waals surface area contributed by atoms with Crippen molar-refractivity contribution in [3.8, 4) is 5.82 Å². The third-order valence-electron chi connectivity index (χ3n) is 6.02. The Labute approximate surface area is 173 Å². The molecule has 0 aliphatic carbocycles. The number of likely N-dealkylation sites (tertiary alicyclic amines) is 1. The van der Waals surface area contributed by atoms with E-state index in [1.165, 1.54) is 17.0 Å². The number of nitrogens with zero attached hydrogens (tertiary/aromatic N) is 5. The summed E-state index contributed by atoms with van der Waals surface area (Å²) in [4.78, 5) is 27.2. The van der Waals surface area contributed by atoms with Crippen LogP contribution < -0.4 is 4.90 Å². The molecule has 1 fully saturated rings. The first-order valence-corrected chi connectivity index (χ1v) is 10.6. The topological polar surface area (TPSA) is 63.5 Å². The number of carbonyl (C=O) groups excluding carboxylic acids is 1. The third kappa shape index (κ3) is 2.70. The van der Waals surface area contributed by atoms with Crippen molar-refractivity contribution in [3.63, 3.8) is 0 Å². The molecule has 1 atom stereocenters. The fourth-order valence-electron chi connectivity index (χ4n) is 4.66. The summed E-state index contributed by atoms with van der Waals surface area (Å²) >= 11 is 1.42. The van der Waals surface area contributed by atoms with Crippen LogP contribution in [0.5, 0.6) is 0 Å². The molecule has 1 amide bonds. The average Bonchev–Trinajstić information content (AvgIpc) is 3.48. The molecule has 3 aromatic rings. The number of ether oxygens (including phenoxy) is 1. The molecule has 0 N–H and O–H groups in total. The zero-order valence-electron chi connectivity index (χ0n) is 16.5. The van der Waals surface area contributed by atoms with Gasteiger partial charge in [-0.05, 0) is 37.6 Å². The van der Waals surface area contributed by atoms with Crippen LogP contribution in [0, 0.1) is 6.92 Å². The van der Waals surface area contributed by atoms with E-state index in [1.807, 2.05) is 24.1 Å². The molecule has 3 aromatic heterocycles. The van der Waals surface area contributed by atoms with Gasteiger partial charge in [0.1, 0.15) is 10.4 Å². The van der Waals surface area contributed by atoms with E-state index in [-0.39, 0.29) is 11.4 Å². The lowest BCUT2D eigenvalue weighted by Gasteiger charge is -2.47. The lowest BCUT2D eigenvalue weighted by Crippen LogP contribution is -2.53. The number of carbonyl (C=O) groups is 1. The van der Waals surface area contributed by atoms with Gasteiger partial charge in [-0.2, -0.15) is 0 Å². The second kappa shape index (κ2) is 6.96. The monoisotopic (exact) mass is 409 g/mol. The summed E-state index contributed by atoms with van der Waals surface area (Å²) in [7, 11) is 1.72. The van der Waals surface area contributed by atoms with Gasteiger partial charge in [-0.1, -0.05) is 0 Å². The van der Waals surface area contributed by atoms with Gasteiger partial charge in [-0.15, -0.1) is 11.3 Å². The Morgan fingerprint density at radius 3 is 3.00 bits per heavy atom. The summed E-state index contributed by atoms with van der Waals surface area (Å²) < 4.78 is 7.60. The van der Waals surface area contributed by atoms with E-state index in [1.54, 1.807) is 12.6 Å². The molecule has 0 saturated carbocycles. The zero-order chi connectivity index (χ0) is 20.0. The number of hydrogen-bond acceptors (Lipinski definition) is 6. The van der Waals surface area contributed by atoms with Gasteiger partial charge < -0.3 is 19.1 Å². The molecule has 7 nitrogen and oxygen atoms in total. The van der Waals surface area contributed by atoms with Crippen LogP contribution in [0.25, 0.3) is 5.82 Å². The number of amides is 1. The van der Waals surface area contributed by atoms with Crippen molar-refractivity contribution in [1.82, 2.24) is 19.4 Å². The zero-order valence-corrected chi connectivity index (χ0v) is 17.4. The third-order valence-corrected chi connectivity index (χ3v) is 6.94. The van der Waals surface area contributed by atoms with Crippen molar-refractivity contribution in [2.45, 2.75) is 18.9 Å². The molecule has 0 bridgehead atoms. The van der Waals surface area contributed by atoms with Crippen molar-refractivity contribution in [2.24, 2.45) is 0 Å². The Balaban J connectivity index is 1.58. The van der Waals surface area contributed by atoms with Crippen molar-refractivity contribution >= 4 is 22.9 Å². The van der Waals surface area contributed by atoms with Gasteiger partial charge in [0.05, 0.1) is 29.2 Å². The maximum absolute atomic E-state index is 13.2. The van der Waals surface area contributed by atoms with E-state index in [4.69, 9.17) is 4.74 Å². The number of methoxy groups -OCH3 is 1. The molecular weight excluding hydrogens is 386 g/mol. The van der Waals surface area contributed by atoms with Crippen LogP contribution in [0.15, 0.2) is 42.2 Å². The molecule has 29 heavy (non-hydrogen) atoms. The molecule has 0 unspecified atom stereocenters. The summed E-state index contributed by atoms with van der Waals surface area (Å²) in [6.45, 7) is 4.58. The maximum atomic E-state index is 13.2. The first-order chi connectivity index (χ1) is 14.2. The average molecular weight is 410 g/mol. The Bertz CT molecular complexity index is 1060. The Hall–Kier alpha value is -2.71. The number of aromatic nitrogens is 3. The lowest BCUT2D eigenvalue weighted by molar-refractivity contribution is 0.0785. The molecule has 5 rings (SSSR count). The Morgan fingerprint density at radius 2 is 2.21 bits per heavy atom. The van der Waals surface area contributed by atoms with Crippen molar-refractivity contribution in [3.05, 3.63) is 58.4 Å². The van der Waals surface area contributed by atoms with Gasteiger partial charge in [0, 0.05) is 39.1 Å². The predicted molar refractivity (Wildman–Crippen MR) is 112 cm³/mol. The SMILES string of the molecule is COCCN1c2cccnc2-n2cccc2[C@@]12CCN(C(=O)c1scnc1C)C2. The standard InChI is InChI=1S/C21H23N5O2S/c1-15-18(29-14-23-15)20(27)24-10-7-21(13-24)17-6-4-9-25(17)19-16(5-3-8-22-19)26(21)11-12-28-2/h3-6,8-9,14H,7,10-13H2,1-2H3/t21-/m0/s1. The molecule has 0 radical (unpaired) electrons. The van der Waals surface area contributed by atoms with Crippen LogP contribution >= 0.6 is 11.3 Å². The smallest absolute Gasteiger partial charge is 0.265 e. The normalized spacial score (nSPS) is 20.2. The highest BCUT2D eigenvalue weighted by Crippen LogP contribution is 2.47. The molecule has 1 spiro atoms. The fourth-order valence-corrected chi connectivity index (χ4v) is 5.43. The number of thiazole rings is 1. The molecular formula is C21H23N5O2S. The Morgan fingerprint density at radius 1 is 1.31 bits per heavy atom. The largest absolute Gasteiger partial charge is 0.383 e. The molecule has 0 aromatic carbocycles. The number of anilines is 1. The first-order valence-electron chi connectivity index (χ1n) is 9.75. The maximum Gasteiger partial charge on any atom is 0.265 e. The van der Waals surface area contributed by atoms with E-state index >= 15 is 0 Å². The number of aryl methyl sites for hydroxylation is 1. The summed E-state index contributed by atoms with van der Waals surface area (Å²) in [6.07, 6.45) is 4.75. The summed E-state index contributed by atoms with van der Waals surface area (Å²) in [5.41, 5.74) is 4.51. The molecule has 1 saturated heterocycles. The summed E-state index contributed by atoms with van der Waals surface area (Å²) in [5.74, 6) is 1.00. The second-order valence-corrected chi connectivity index (χ2v) is 8.38. The molecule has 2 aliphatic heterocycles. The summed E-state index contributed by atoms with van der Waals surface area (Å²) in [5, 5.41) is 0. The van der Waals surface area contributed by atoms with Crippen LogP contribution in [0.1, 0.15) is 27.5 Å². The van der Waals surface area contributed by atoms with Crippen LogP contribution in [-0.2, 0) is 10.3 Å². The number of pyridine rings is 1. The van der Waals surface area contributed by atoms with Gasteiger partial charge >= 0.3 is 0 Å². The van der Waals surface area contributed by atoms with Gasteiger partial charge in [0.15, 0.2) is 5.82 Å². The quantitative estimate of drug-likeness (QED) is 0.663. The van der Waals surface area contributed by atoms with Gasteiger partial charge in [0.25, 0.3) is 5.91 Å². The number of hydrogen-bond donors (Lipinski definition) is 0. The summed E-state index contributed by atoms with van der Waals surface area (Å²) in [6, 6.07) is 8.30. The van der Waals surface area contributed by atoms with E-state index in [9.17, 15) is 4.79 Å². The first kappa shape index (κ1) is 18.3. The second-order valence-electron chi connectivity index (χ2n) is 7.53. The number of rotatable bonds is 4. The minimum absolute atomic E-state index is 0.0728. The van der Waals surface area contributed by atoms with Crippen LogP contribution in [0.3, 0.4) is 0 Å². The van der Waals surface area contributed by atoms with Crippen molar-refractivity contribution in [1.29, 1.82) is 0 Å². The molecule has 2 aliphatic rings. The fraction of sp³-hybridized carbons (Fsp3) is 0.381. The van der Waals surface area contributed by atoms with Crippen LogP contribution in [-0.4, -0.2) is 58.7 Å². The molecule has 8 heteroatoms. The minimum Gasteiger partial charge on any atom is -0.383 e. The Kier molecular flexibility index (Phi) is 4.40. The van der Waals surface area contributed by atoms with E-state index in [2.05, 4.69) is 43.8 Å². The van der Waals surface area contributed by atoms with Gasteiger partial charge in [-0.3, -0.25) is 4.79 Å². The lowest BCUT2D eigenvalue weighted by atomic mass is 9.89. The van der Waals surface area contributed by atoms with Gasteiger partial charge in [0.2, 0.25) is 0 Å². The highest BCUT2D eigenvalue weighted by atomic mass is 32.1. The molecule has 5 heterocycles. The molecule has 150 valence electrons. The van der Waals surface area contributed by atoms with Crippen molar-refractivity contribution < 1.29 is 9.53 Å². The van der Waals surface area contributed by atoms with Crippen LogP contribution in [0.4, 0.5) is 5.69 Å².